The van der Waals surface area contributed by atoms with Gasteiger partial charge in [-0.1, -0.05) is 35.3 Å². The molecule has 2 amide bonds. The number of hydrogen-bond donors (Lipinski definition) is 3. The number of rotatable bonds is 4. The standard InChI is InChI=1S/C19H20Cl2N2O4/c1-19(2,3)27-18(26)22-10-11-4-6-13(7-5-11)23-17(25)12-8-14(20)16(24)15(21)9-12/h4-9,24H,10H2,1-3H3,(H,22,26)(H,23,25). The second-order valence-corrected chi connectivity index (χ2v) is 7.61. The van der Waals surface area contributed by atoms with Crippen molar-refractivity contribution in [3.63, 3.8) is 0 Å². The third kappa shape index (κ3) is 6.34. The summed E-state index contributed by atoms with van der Waals surface area (Å²) in [7, 11) is 0. The quantitative estimate of drug-likeness (QED) is 0.663. The van der Waals surface area contributed by atoms with Gasteiger partial charge in [0.05, 0.1) is 10.0 Å². The molecule has 0 saturated carbocycles. The number of amides is 2. The van der Waals surface area contributed by atoms with Crippen LogP contribution in [0, 0.1) is 0 Å². The van der Waals surface area contributed by atoms with Crippen molar-refractivity contribution in [3.05, 3.63) is 57.6 Å². The molecule has 0 aliphatic rings. The lowest BCUT2D eigenvalue weighted by Crippen LogP contribution is -2.32. The second-order valence-electron chi connectivity index (χ2n) is 6.79. The number of nitrogens with one attached hydrogen (secondary N) is 2. The fraction of sp³-hybridized carbons (Fsp3) is 0.263. The van der Waals surface area contributed by atoms with E-state index in [1.54, 1.807) is 45.0 Å². The minimum atomic E-state index is -0.557. The molecule has 0 unspecified atom stereocenters. The van der Waals surface area contributed by atoms with Crippen molar-refractivity contribution in [1.29, 1.82) is 0 Å². The summed E-state index contributed by atoms with van der Waals surface area (Å²) in [6.07, 6.45) is -0.499. The number of ether oxygens (including phenoxy) is 1. The highest BCUT2D eigenvalue weighted by atomic mass is 35.5. The van der Waals surface area contributed by atoms with Crippen LogP contribution < -0.4 is 10.6 Å². The van der Waals surface area contributed by atoms with Crippen LogP contribution in [0.4, 0.5) is 10.5 Å². The number of phenolic OH excluding ortho intramolecular Hbond substituents is 1. The van der Waals surface area contributed by atoms with Gasteiger partial charge in [0.2, 0.25) is 0 Å². The molecule has 0 aliphatic heterocycles. The first kappa shape index (κ1) is 20.9. The Labute approximate surface area is 167 Å². The first-order valence-corrected chi connectivity index (χ1v) is 8.86. The van der Waals surface area contributed by atoms with Gasteiger partial charge in [0.25, 0.3) is 5.91 Å². The van der Waals surface area contributed by atoms with E-state index in [0.717, 1.165) is 5.56 Å². The van der Waals surface area contributed by atoms with E-state index >= 15 is 0 Å². The molecule has 6 nitrogen and oxygen atoms in total. The van der Waals surface area contributed by atoms with Gasteiger partial charge in [0.1, 0.15) is 5.60 Å². The number of aromatic hydroxyl groups is 1. The molecular formula is C19H20Cl2N2O4. The van der Waals surface area contributed by atoms with Gasteiger partial charge in [0.15, 0.2) is 5.75 Å². The minimum Gasteiger partial charge on any atom is -0.505 e. The summed E-state index contributed by atoms with van der Waals surface area (Å²) in [5.74, 6) is -0.685. The highest BCUT2D eigenvalue weighted by Gasteiger charge is 2.16. The third-order valence-electron chi connectivity index (χ3n) is 3.33. The number of alkyl carbamates (subject to hydrolysis) is 1. The minimum absolute atomic E-state index is 0.00350. The van der Waals surface area contributed by atoms with Gasteiger partial charge in [-0.2, -0.15) is 0 Å². The lowest BCUT2D eigenvalue weighted by Gasteiger charge is -2.19. The smallest absolute Gasteiger partial charge is 0.407 e. The summed E-state index contributed by atoms with van der Waals surface area (Å²) in [5.41, 5.74) is 1.06. The summed E-state index contributed by atoms with van der Waals surface area (Å²) in [5, 5.41) is 14.9. The number of hydrogen-bond acceptors (Lipinski definition) is 4. The summed E-state index contributed by atoms with van der Waals surface area (Å²) >= 11 is 11.7. The lowest BCUT2D eigenvalue weighted by atomic mass is 10.1. The Morgan fingerprint density at radius 3 is 2.15 bits per heavy atom. The monoisotopic (exact) mass is 410 g/mol. The van der Waals surface area contributed by atoms with Gasteiger partial charge in [-0.15, -0.1) is 0 Å². The molecule has 0 heterocycles. The molecule has 0 spiro atoms. The van der Waals surface area contributed by atoms with Crippen LogP contribution in [0.15, 0.2) is 36.4 Å². The highest BCUT2D eigenvalue weighted by molar-refractivity contribution is 6.37. The van der Waals surface area contributed by atoms with E-state index in [4.69, 9.17) is 27.9 Å². The second kappa shape index (κ2) is 8.50. The molecule has 3 N–H and O–H groups in total. The molecule has 2 rings (SSSR count). The Morgan fingerprint density at radius 1 is 1.07 bits per heavy atom. The summed E-state index contributed by atoms with van der Waals surface area (Å²) in [6.45, 7) is 5.67. The lowest BCUT2D eigenvalue weighted by molar-refractivity contribution is 0.0523. The van der Waals surface area contributed by atoms with Crippen LogP contribution in [-0.2, 0) is 11.3 Å². The number of halogens is 2. The molecule has 0 fully saturated rings. The van der Waals surface area contributed by atoms with Gasteiger partial charge in [-0.05, 0) is 50.6 Å². The zero-order chi connectivity index (χ0) is 20.2. The van der Waals surface area contributed by atoms with Crippen molar-refractivity contribution >= 4 is 40.9 Å². The highest BCUT2D eigenvalue weighted by Crippen LogP contribution is 2.32. The van der Waals surface area contributed by atoms with E-state index in [2.05, 4.69) is 10.6 Å². The van der Waals surface area contributed by atoms with Gasteiger partial charge >= 0.3 is 6.09 Å². The van der Waals surface area contributed by atoms with Crippen LogP contribution in [-0.4, -0.2) is 22.7 Å². The zero-order valence-corrected chi connectivity index (χ0v) is 16.6. The fourth-order valence-electron chi connectivity index (χ4n) is 2.09. The van der Waals surface area contributed by atoms with Crippen molar-refractivity contribution in [3.8, 4) is 5.75 Å². The van der Waals surface area contributed by atoms with Crippen molar-refractivity contribution in [2.45, 2.75) is 32.9 Å². The third-order valence-corrected chi connectivity index (χ3v) is 3.90. The van der Waals surface area contributed by atoms with Crippen LogP contribution in [0.25, 0.3) is 0 Å². The maximum Gasteiger partial charge on any atom is 0.407 e. The molecular weight excluding hydrogens is 391 g/mol. The molecule has 0 atom stereocenters. The molecule has 8 heteroatoms. The van der Waals surface area contributed by atoms with Crippen LogP contribution in [0.2, 0.25) is 10.0 Å². The molecule has 2 aromatic rings. The summed E-state index contributed by atoms with van der Waals surface area (Å²) in [4.78, 5) is 23.9. The molecule has 0 saturated heterocycles. The molecule has 144 valence electrons. The summed E-state index contributed by atoms with van der Waals surface area (Å²) in [6, 6.07) is 9.60. The van der Waals surface area contributed by atoms with Gasteiger partial charge in [-0.3, -0.25) is 4.79 Å². The first-order chi connectivity index (χ1) is 12.5. The predicted molar refractivity (Wildman–Crippen MR) is 106 cm³/mol. The Kier molecular flexibility index (Phi) is 6.57. The van der Waals surface area contributed by atoms with Crippen molar-refractivity contribution in [1.82, 2.24) is 5.32 Å². The van der Waals surface area contributed by atoms with E-state index in [9.17, 15) is 14.7 Å². The average molecular weight is 411 g/mol. The summed E-state index contributed by atoms with van der Waals surface area (Å²) < 4.78 is 5.17. The maximum atomic E-state index is 12.3. The topological polar surface area (TPSA) is 87.7 Å². The van der Waals surface area contributed by atoms with Crippen LogP contribution in [0.3, 0.4) is 0 Å². The average Bonchev–Trinajstić information content (AvgIpc) is 2.57. The molecule has 0 aromatic heterocycles. The Hall–Kier alpha value is -2.44. The number of carbonyl (C=O) groups excluding carboxylic acids is 2. The number of phenols is 1. The molecule has 0 bridgehead atoms. The van der Waals surface area contributed by atoms with Crippen molar-refractivity contribution < 1.29 is 19.4 Å². The van der Waals surface area contributed by atoms with Gasteiger partial charge in [0, 0.05) is 17.8 Å². The van der Waals surface area contributed by atoms with Crippen LogP contribution in [0.1, 0.15) is 36.7 Å². The predicted octanol–water partition coefficient (Wildman–Crippen LogP) is 4.98. The van der Waals surface area contributed by atoms with Crippen LogP contribution >= 0.6 is 23.2 Å². The molecule has 2 aromatic carbocycles. The van der Waals surface area contributed by atoms with Crippen molar-refractivity contribution in [2.24, 2.45) is 0 Å². The molecule has 0 aliphatic carbocycles. The van der Waals surface area contributed by atoms with E-state index in [1.807, 2.05) is 0 Å². The first-order valence-electron chi connectivity index (χ1n) is 8.10. The number of carbonyl (C=O) groups is 2. The fourth-order valence-corrected chi connectivity index (χ4v) is 2.58. The van der Waals surface area contributed by atoms with Crippen molar-refractivity contribution in [2.75, 3.05) is 5.32 Å². The normalized spacial score (nSPS) is 11.0. The largest absolute Gasteiger partial charge is 0.505 e. The number of benzene rings is 2. The van der Waals surface area contributed by atoms with E-state index in [0.29, 0.717) is 12.2 Å². The number of anilines is 1. The van der Waals surface area contributed by atoms with E-state index < -0.39 is 17.6 Å². The van der Waals surface area contributed by atoms with Gasteiger partial charge in [-0.25, -0.2) is 4.79 Å². The van der Waals surface area contributed by atoms with E-state index in [-0.39, 0.29) is 21.4 Å². The Bertz CT molecular complexity index is 823. The molecule has 0 radical (unpaired) electrons. The van der Waals surface area contributed by atoms with Gasteiger partial charge < -0.3 is 20.5 Å². The van der Waals surface area contributed by atoms with E-state index in [1.165, 1.54) is 12.1 Å². The van der Waals surface area contributed by atoms with Crippen LogP contribution in [0.5, 0.6) is 5.75 Å². The zero-order valence-electron chi connectivity index (χ0n) is 15.1. The maximum absolute atomic E-state index is 12.3. The molecule has 27 heavy (non-hydrogen) atoms. The SMILES string of the molecule is CC(C)(C)OC(=O)NCc1ccc(NC(=O)c2cc(Cl)c(O)c(Cl)c2)cc1. The Balaban J connectivity index is 1.95. The Morgan fingerprint density at radius 2 is 1.63 bits per heavy atom.